The predicted molar refractivity (Wildman–Crippen MR) is 101 cm³/mol. The maximum atomic E-state index is 12.1. The first-order valence-corrected chi connectivity index (χ1v) is 7.65. The van der Waals surface area contributed by atoms with Crippen LogP contribution in [0.2, 0.25) is 0 Å². The van der Waals surface area contributed by atoms with Crippen molar-refractivity contribution in [2.75, 3.05) is 23.3 Å². The molecule has 1 aliphatic rings. The third-order valence-corrected chi connectivity index (χ3v) is 3.94. The van der Waals surface area contributed by atoms with Crippen LogP contribution in [0.25, 0.3) is 0 Å². The zero-order valence-electron chi connectivity index (χ0n) is 14.0. The summed E-state index contributed by atoms with van der Waals surface area (Å²) in [5.74, 6) is 0.362. The summed E-state index contributed by atoms with van der Waals surface area (Å²) in [5.41, 5.74) is 6.79. The number of piperidine rings is 1. The van der Waals surface area contributed by atoms with E-state index in [2.05, 4.69) is 15.2 Å². The molecule has 0 saturated carbocycles. The molecule has 2 heterocycles. The van der Waals surface area contributed by atoms with Gasteiger partial charge in [-0.05, 0) is 36.8 Å². The monoisotopic (exact) mass is 362 g/mol. The number of rotatable bonds is 3. The van der Waals surface area contributed by atoms with Crippen molar-refractivity contribution in [2.24, 2.45) is 11.1 Å². The molecule has 1 aromatic heterocycles. The SMILES string of the molecule is CC(C)(C)[C@H](N)C(=O)Nc1ccc(N2CCCCC2)cn1.Cl.Cl. The second-order valence-electron chi connectivity index (χ2n) is 6.78. The Balaban J connectivity index is 0.00000242. The van der Waals surface area contributed by atoms with Crippen LogP contribution in [0.4, 0.5) is 11.5 Å². The van der Waals surface area contributed by atoms with E-state index in [0.29, 0.717) is 5.82 Å². The molecule has 0 aromatic carbocycles. The van der Waals surface area contributed by atoms with Crippen molar-refractivity contribution in [3.63, 3.8) is 0 Å². The van der Waals surface area contributed by atoms with Crippen LogP contribution in [-0.2, 0) is 4.79 Å². The topological polar surface area (TPSA) is 71.2 Å². The molecule has 3 N–H and O–H groups in total. The highest BCUT2D eigenvalue weighted by Crippen LogP contribution is 2.21. The highest BCUT2D eigenvalue weighted by Gasteiger charge is 2.27. The fourth-order valence-corrected chi connectivity index (χ4v) is 2.40. The lowest BCUT2D eigenvalue weighted by Crippen LogP contribution is -2.45. The molecule has 23 heavy (non-hydrogen) atoms. The summed E-state index contributed by atoms with van der Waals surface area (Å²) < 4.78 is 0. The molecule has 2 rings (SSSR count). The normalized spacial score (nSPS) is 15.9. The molecule has 7 heteroatoms. The molecular weight excluding hydrogens is 335 g/mol. The minimum atomic E-state index is -0.555. The van der Waals surface area contributed by atoms with Gasteiger partial charge < -0.3 is 16.0 Å². The molecule has 1 atom stereocenters. The molecule has 5 nitrogen and oxygen atoms in total. The van der Waals surface area contributed by atoms with Gasteiger partial charge in [0, 0.05) is 13.1 Å². The van der Waals surface area contributed by atoms with Gasteiger partial charge in [-0.25, -0.2) is 4.98 Å². The number of carbonyl (C=O) groups is 1. The number of amides is 1. The van der Waals surface area contributed by atoms with Gasteiger partial charge in [-0.3, -0.25) is 4.79 Å². The molecule has 1 aliphatic heterocycles. The Kier molecular flexibility index (Phi) is 8.88. The number of halogens is 2. The van der Waals surface area contributed by atoms with Gasteiger partial charge >= 0.3 is 0 Å². The van der Waals surface area contributed by atoms with Crippen LogP contribution < -0.4 is 16.0 Å². The fourth-order valence-electron chi connectivity index (χ4n) is 2.40. The molecule has 1 fully saturated rings. The number of pyridine rings is 1. The summed E-state index contributed by atoms with van der Waals surface area (Å²) in [5, 5.41) is 2.78. The molecule has 0 radical (unpaired) electrons. The predicted octanol–water partition coefficient (Wildman–Crippen LogP) is 3.23. The average Bonchev–Trinajstić information content (AvgIpc) is 2.47. The Morgan fingerprint density at radius 1 is 1.22 bits per heavy atom. The van der Waals surface area contributed by atoms with Crippen LogP contribution >= 0.6 is 24.8 Å². The molecule has 0 bridgehead atoms. The second kappa shape index (κ2) is 9.30. The van der Waals surface area contributed by atoms with E-state index < -0.39 is 6.04 Å². The summed E-state index contributed by atoms with van der Waals surface area (Å²) in [6.07, 6.45) is 5.60. The van der Waals surface area contributed by atoms with E-state index >= 15 is 0 Å². The molecule has 0 aliphatic carbocycles. The van der Waals surface area contributed by atoms with Crippen molar-refractivity contribution >= 4 is 42.2 Å². The third kappa shape index (κ3) is 6.16. The molecule has 1 aromatic rings. The first kappa shape index (κ1) is 22.0. The van der Waals surface area contributed by atoms with E-state index in [0.717, 1.165) is 18.8 Å². The summed E-state index contributed by atoms with van der Waals surface area (Å²) in [6, 6.07) is 3.30. The number of anilines is 2. The zero-order chi connectivity index (χ0) is 15.5. The van der Waals surface area contributed by atoms with E-state index in [1.807, 2.05) is 39.1 Å². The zero-order valence-corrected chi connectivity index (χ0v) is 15.7. The van der Waals surface area contributed by atoms with E-state index in [9.17, 15) is 4.79 Å². The van der Waals surface area contributed by atoms with E-state index in [1.165, 1.54) is 19.3 Å². The van der Waals surface area contributed by atoms with Crippen molar-refractivity contribution in [3.05, 3.63) is 18.3 Å². The standard InChI is InChI=1S/C16H26N4O.2ClH/c1-16(2,3)14(17)15(21)19-13-8-7-12(11-18-13)20-9-5-4-6-10-20;;/h7-8,11,14H,4-6,9-10,17H2,1-3H3,(H,18,19,21);2*1H/t14-;;/m1../s1. The maximum absolute atomic E-state index is 12.1. The van der Waals surface area contributed by atoms with Crippen LogP contribution in [0.1, 0.15) is 40.0 Å². The summed E-state index contributed by atoms with van der Waals surface area (Å²) in [4.78, 5) is 18.7. The maximum Gasteiger partial charge on any atom is 0.242 e. The number of carbonyl (C=O) groups excluding carboxylic acids is 1. The van der Waals surface area contributed by atoms with Crippen LogP contribution in [-0.4, -0.2) is 30.0 Å². The van der Waals surface area contributed by atoms with Crippen LogP contribution in [0.15, 0.2) is 18.3 Å². The minimum absolute atomic E-state index is 0. The number of nitrogens with zero attached hydrogens (tertiary/aromatic N) is 2. The van der Waals surface area contributed by atoms with E-state index in [1.54, 1.807) is 0 Å². The summed E-state index contributed by atoms with van der Waals surface area (Å²) >= 11 is 0. The van der Waals surface area contributed by atoms with Crippen molar-refractivity contribution in [2.45, 2.75) is 46.1 Å². The first-order chi connectivity index (χ1) is 9.88. The van der Waals surface area contributed by atoms with Gasteiger partial charge in [0.2, 0.25) is 5.91 Å². The van der Waals surface area contributed by atoms with Crippen LogP contribution in [0.5, 0.6) is 0 Å². The quantitative estimate of drug-likeness (QED) is 0.865. The number of hydrogen-bond acceptors (Lipinski definition) is 4. The van der Waals surface area contributed by atoms with Crippen LogP contribution in [0.3, 0.4) is 0 Å². The number of nitrogens with one attached hydrogen (secondary N) is 1. The Labute approximate surface area is 151 Å². The van der Waals surface area contributed by atoms with E-state index in [-0.39, 0.29) is 36.1 Å². The lowest BCUT2D eigenvalue weighted by molar-refractivity contribution is -0.119. The highest BCUT2D eigenvalue weighted by atomic mass is 35.5. The fraction of sp³-hybridized carbons (Fsp3) is 0.625. The average molecular weight is 363 g/mol. The molecule has 132 valence electrons. The van der Waals surface area contributed by atoms with E-state index in [4.69, 9.17) is 5.73 Å². The van der Waals surface area contributed by atoms with Gasteiger partial charge in [0.1, 0.15) is 5.82 Å². The van der Waals surface area contributed by atoms with Crippen LogP contribution in [0, 0.1) is 5.41 Å². The number of hydrogen-bond donors (Lipinski definition) is 2. The van der Waals surface area contributed by atoms with Crippen molar-refractivity contribution < 1.29 is 4.79 Å². The summed E-state index contributed by atoms with van der Waals surface area (Å²) in [6.45, 7) is 8.02. The Hall–Kier alpha value is -1.04. The minimum Gasteiger partial charge on any atom is -0.370 e. The molecule has 1 saturated heterocycles. The van der Waals surface area contributed by atoms with Gasteiger partial charge in [-0.15, -0.1) is 24.8 Å². The smallest absolute Gasteiger partial charge is 0.242 e. The largest absolute Gasteiger partial charge is 0.370 e. The van der Waals surface area contributed by atoms with Gasteiger partial charge in [0.05, 0.1) is 17.9 Å². The lowest BCUT2D eigenvalue weighted by atomic mass is 9.87. The summed E-state index contributed by atoms with van der Waals surface area (Å²) in [7, 11) is 0. The molecule has 0 unspecified atom stereocenters. The van der Waals surface area contributed by atoms with Gasteiger partial charge in [0.15, 0.2) is 0 Å². The lowest BCUT2D eigenvalue weighted by Gasteiger charge is -2.28. The van der Waals surface area contributed by atoms with Crippen molar-refractivity contribution in [3.8, 4) is 0 Å². The number of aromatic nitrogens is 1. The molecule has 1 amide bonds. The first-order valence-electron chi connectivity index (χ1n) is 7.65. The Morgan fingerprint density at radius 2 is 1.83 bits per heavy atom. The molecule has 0 spiro atoms. The Morgan fingerprint density at radius 3 is 2.30 bits per heavy atom. The van der Waals surface area contributed by atoms with Gasteiger partial charge in [0.25, 0.3) is 0 Å². The van der Waals surface area contributed by atoms with Gasteiger partial charge in [-0.2, -0.15) is 0 Å². The van der Waals surface area contributed by atoms with Crippen molar-refractivity contribution in [1.29, 1.82) is 0 Å². The van der Waals surface area contributed by atoms with Crippen molar-refractivity contribution in [1.82, 2.24) is 4.98 Å². The second-order valence-corrected chi connectivity index (χ2v) is 6.78. The highest BCUT2D eigenvalue weighted by molar-refractivity contribution is 5.94. The Bertz CT molecular complexity index is 482. The molecular formula is C16H28Cl2N4O. The van der Waals surface area contributed by atoms with Gasteiger partial charge in [-0.1, -0.05) is 20.8 Å². The number of nitrogens with two attached hydrogens (primary N) is 1. The third-order valence-electron chi connectivity index (χ3n) is 3.94.